The molecule has 0 bridgehead atoms. The van der Waals surface area contributed by atoms with Gasteiger partial charge in [-0.25, -0.2) is 0 Å². The quantitative estimate of drug-likeness (QED) is 0.851. The molecule has 1 spiro atoms. The van der Waals surface area contributed by atoms with Gasteiger partial charge in [0.25, 0.3) is 5.91 Å². The van der Waals surface area contributed by atoms with Gasteiger partial charge in [-0.15, -0.1) is 0 Å². The lowest BCUT2D eigenvalue weighted by Crippen LogP contribution is -2.58. The molecule has 1 saturated heterocycles. The molecule has 1 unspecified atom stereocenters. The van der Waals surface area contributed by atoms with Crippen LogP contribution in [0.15, 0.2) is 24.3 Å². The van der Waals surface area contributed by atoms with Crippen molar-refractivity contribution in [1.82, 2.24) is 20.0 Å². The van der Waals surface area contributed by atoms with Crippen LogP contribution in [0, 0.1) is 13.8 Å². The maximum Gasteiger partial charge on any atom is 0.255 e. The lowest BCUT2D eigenvalue weighted by molar-refractivity contribution is -0.137. The van der Waals surface area contributed by atoms with E-state index < -0.39 is 5.60 Å². The summed E-state index contributed by atoms with van der Waals surface area (Å²) in [6.07, 6.45) is 1.56. The largest absolute Gasteiger partial charge is 0.497 e. The van der Waals surface area contributed by atoms with E-state index in [2.05, 4.69) is 10.4 Å². The Balaban J connectivity index is 1.55. The first-order valence-electron chi connectivity index (χ1n) is 9.83. The predicted molar refractivity (Wildman–Crippen MR) is 106 cm³/mol. The highest BCUT2D eigenvalue weighted by Crippen LogP contribution is 2.34. The Labute approximate surface area is 169 Å². The summed E-state index contributed by atoms with van der Waals surface area (Å²) in [6.45, 7) is 5.50. The fourth-order valence-electron chi connectivity index (χ4n) is 4.11. The van der Waals surface area contributed by atoms with Gasteiger partial charge in [0, 0.05) is 18.3 Å². The van der Waals surface area contributed by atoms with Gasteiger partial charge >= 0.3 is 0 Å². The van der Waals surface area contributed by atoms with Gasteiger partial charge in [-0.2, -0.15) is 5.10 Å². The molecule has 0 radical (unpaired) electrons. The molecule has 1 atom stereocenters. The zero-order valence-corrected chi connectivity index (χ0v) is 17.0. The van der Waals surface area contributed by atoms with Crippen LogP contribution >= 0.6 is 0 Å². The zero-order chi connectivity index (χ0) is 20.6. The Morgan fingerprint density at radius 3 is 2.90 bits per heavy atom. The fourth-order valence-corrected chi connectivity index (χ4v) is 4.11. The Morgan fingerprint density at radius 1 is 1.34 bits per heavy atom. The van der Waals surface area contributed by atoms with Crippen molar-refractivity contribution in [1.29, 1.82) is 0 Å². The van der Waals surface area contributed by atoms with Crippen LogP contribution in [0.2, 0.25) is 0 Å². The summed E-state index contributed by atoms with van der Waals surface area (Å²) in [5.41, 5.74) is 1.68. The molecule has 8 heteroatoms. The summed E-state index contributed by atoms with van der Waals surface area (Å²) in [5.74, 6) is 0.944. The number of aryl methyl sites for hydroxylation is 2. The number of piperidine rings is 1. The first-order chi connectivity index (χ1) is 13.9. The molecule has 2 aromatic rings. The number of hydrogen-bond donors (Lipinski definition) is 1. The summed E-state index contributed by atoms with van der Waals surface area (Å²) >= 11 is 0. The van der Waals surface area contributed by atoms with E-state index in [9.17, 15) is 9.59 Å². The molecule has 0 saturated carbocycles. The number of hydrogen-bond acceptors (Lipinski definition) is 5. The Kier molecular flexibility index (Phi) is 4.94. The summed E-state index contributed by atoms with van der Waals surface area (Å²) in [4.78, 5) is 27.3. The molecule has 1 aromatic carbocycles. The molecule has 1 aromatic heterocycles. The number of rotatable bonds is 3. The van der Waals surface area contributed by atoms with Gasteiger partial charge in [0.05, 0.1) is 31.5 Å². The SMILES string of the molecule is COc1ccc2c(c1)OC1(CCCN(C(=O)Cn3nc(C)cc3C)C1)CNC2=O. The average Bonchev–Trinajstić information content (AvgIpc) is 2.95. The second kappa shape index (κ2) is 7.42. The van der Waals surface area contributed by atoms with Gasteiger partial charge in [0.2, 0.25) is 5.91 Å². The topological polar surface area (TPSA) is 85.7 Å². The van der Waals surface area contributed by atoms with Gasteiger partial charge in [-0.05, 0) is 44.9 Å². The van der Waals surface area contributed by atoms with Gasteiger partial charge in [-0.3, -0.25) is 14.3 Å². The molecule has 1 fully saturated rings. The first-order valence-corrected chi connectivity index (χ1v) is 9.83. The molecular formula is C21H26N4O4. The highest BCUT2D eigenvalue weighted by atomic mass is 16.5. The van der Waals surface area contributed by atoms with Crippen molar-refractivity contribution >= 4 is 11.8 Å². The maximum atomic E-state index is 13.0. The number of fused-ring (bicyclic) bond motifs is 1. The number of carbonyl (C=O) groups is 2. The molecule has 2 amide bonds. The lowest BCUT2D eigenvalue weighted by Gasteiger charge is -2.42. The van der Waals surface area contributed by atoms with Crippen molar-refractivity contribution < 1.29 is 19.1 Å². The number of nitrogens with zero attached hydrogens (tertiary/aromatic N) is 3. The van der Waals surface area contributed by atoms with Crippen molar-refractivity contribution in [2.75, 3.05) is 26.7 Å². The third kappa shape index (κ3) is 3.79. The fraction of sp³-hybridized carbons (Fsp3) is 0.476. The Morgan fingerprint density at radius 2 is 2.17 bits per heavy atom. The van der Waals surface area contributed by atoms with Gasteiger partial charge in [0.1, 0.15) is 23.6 Å². The van der Waals surface area contributed by atoms with Crippen molar-refractivity contribution in [3.63, 3.8) is 0 Å². The third-order valence-corrected chi connectivity index (χ3v) is 5.61. The van der Waals surface area contributed by atoms with Crippen LogP contribution in [-0.2, 0) is 11.3 Å². The number of aromatic nitrogens is 2. The molecular weight excluding hydrogens is 372 g/mol. The normalized spacial score (nSPS) is 21.2. The van der Waals surface area contributed by atoms with E-state index in [1.807, 2.05) is 24.8 Å². The van der Waals surface area contributed by atoms with Crippen molar-refractivity contribution in [3.8, 4) is 11.5 Å². The van der Waals surface area contributed by atoms with Crippen LogP contribution in [-0.4, -0.2) is 58.8 Å². The summed E-state index contributed by atoms with van der Waals surface area (Å²) in [7, 11) is 1.58. The number of amides is 2. The molecule has 8 nitrogen and oxygen atoms in total. The second-order valence-corrected chi connectivity index (χ2v) is 7.83. The minimum absolute atomic E-state index is 0.000291. The van der Waals surface area contributed by atoms with E-state index in [1.165, 1.54) is 0 Å². The van der Waals surface area contributed by atoms with Gasteiger partial charge in [0.15, 0.2) is 0 Å². The van der Waals surface area contributed by atoms with Crippen LogP contribution in [0.4, 0.5) is 0 Å². The molecule has 154 valence electrons. The van der Waals surface area contributed by atoms with Crippen molar-refractivity contribution in [2.45, 2.75) is 38.8 Å². The number of carbonyl (C=O) groups excluding carboxylic acids is 2. The highest BCUT2D eigenvalue weighted by molar-refractivity contribution is 5.97. The minimum atomic E-state index is -0.656. The summed E-state index contributed by atoms with van der Waals surface area (Å²) in [6, 6.07) is 7.14. The summed E-state index contributed by atoms with van der Waals surface area (Å²) < 4.78 is 13.4. The standard InChI is InChI=1S/C21H26N4O4/c1-14-9-15(2)25(23-14)11-19(26)24-8-4-7-21(13-24)12-22-20(27)17-6-5-16(28-3)10-18(17)29-21/h5-6,9-10H,4,7-8,11-13H2,1-3H3,(H,22,27). The van der Waals surface area contributed by atoms with E-state index in [-0.39, 0.29) is 18.4 Å². The van der Waals surface area contributed by atoms with E-state index in [0.29, 0.717) is 36.7 Å². The molecule has 2 aliphatic rings. The number of nitrogens with one attached hydrogen (secondary N) is 1. The van der Waals surface area contributed by atoms with Crippen LogP contribution in [0.3, 0.4) is 0 Å². The van der Waals surface area contributed by atoms with Crippen LogP contribution in [0.25, 0.3) is 0 Å². The Bertz CT molecular complexity index is 954. The number of ether oxygens (including phenoxy) is 2. The predicted octanol–water partition coefficient (Wildman–Crippen LogP) is 1.69. The van der Waals surface area contributed by atoms with Crippen molar-refractivity contribution in [3.05, 3.63) is 41.2 Å². The monoisotopic (exact) mass is 398 g/mol. The summed E-state index contributed by atoms with van der Waals surface area (Å²) in [5, 5.41) is 7.35. The van der Waals surface area contributed by atoms with Crippen LogP contribution < -0.4 is 14.8 Å². The molecule has 0 aliphatic carbocycles. The number of likely N-dealkylation sites (tertiary alicyclic amines) is 1. The van der Waals surface area contributed by atoms with Crippen molar-refractivity contribution in [2.24, 2.45) is 0 Å². The molecule has 2 aliphatic heterocycles. The molecule has 1 N–H and O–H groups in total. The molecule has 3 heterocycles. The molecule has 29 heavy (non-hydrogen) atoms. The van der Waals surface area contributed by atoms with Gasteiger partial charge < -0.3 is 19.7 Å². The average molecular weight is 398 g/mol. The number of methoxy groups -OCH3 is 1. The minimum Gasteiger partial charge on any atom is -0.497 e. The van der Waals surface area contributed by atoms with E-state index in [4.69, 9.17) is 9.47 Å². The Hall–Kier alpha value is -3.03. The highest BCUT2D eigenvalue weighted by Gasteiger charge is 2.42. The first kappa shape index (κ1) is 19.3. The second-order valence-electron chi connectivity index (χ2n) is 7.83. The van der Waals surface area contributed by atoms with Crippen LogP contribution in [0.5, 0.6) is 11.5 Å². The third-order valence-electron chi connectivity index (χ3n) is 5.61. The lowest BCUT2D eigenvalue weighted by atomic mass is 9.92. The zero-order valence-electron chi connectivity index (χ0n) is 17.0. The van der Waals surface area contributed by atoms with E-state index >= 15 is 0 Å². The van der Waals surface area contributed by atoms with E-state index in [1.54, 1.807) is 30.0 Å². The maximum absolute atomic E-state index is 13.0. The molecule has 4 rings (SSSR count). The number of benzene rings is 1. The van der Waals surface area contributed by atoms with Gasteiger partial charge in [-0.1, -0.05) is 0 Å². The van der Waals surface area contributed by atoms with E-state index in [0.717, 1.165) is 24.2 Å². The smallest absolute Gasteiger partial charge is 0.255 e. The van der Waals surface area contributed by atoms with Crippen LogP contribution in [0.1, 0.15) is 34.6 Å².